The van der Waals surface area contributed by atoms with Crippen LogP contribution < -0.4 is 47.7 Å². The maximum atomic E-state index is 10.2. The van der Waals surface area contributed by atoms with Crippen molar-refractivity contribution in [3.05, 3.63) is 45.1 Å². The Morgan fingerprint density at radius 2 is 0.513 bits per heavy atom. The Morgan fingerprint density at radius 3 is 0.615 bits per heavy atom. The minimum atomic E-state index is 0. The van der Waals surface area contributed by atoms with Crippen LogP contribution in [-0.4, -0.2) is 25.1 Å². The Morgan fingerprint density at radius 1 is 0.359 bits per heavy atom. The number of carbonyl (C=O) groups excluding carboxylic acids is 4. The van der Waals surface area contributed by atoms with E-state index < -0.39 is 0 Å². The van der Waals surface area contributed by atoms with Gasteiger partial charge in [-0.25, -0.2) is 0 Å². The average molecular weight is 635 g/mol. The molecular formula is C28H44Cl2CuN4O4. The fraction of sp³-hybridized carbons (Fsp3) is 0.571. The van der Waals surface area contributed by atoms with Crippen molar-refractivity contribution in [2.45, 2.75) is 103 Å². The normalized spacial score (nSPS) is 18.5. The molecule has 4 rings (SSSR count). The van der Waals surface area contributed by atoms with Crippen molar-refractivity contribution in [2.75, 3.05) is 0 Å². The van der Waals surface area contributed by atoms with Gasteiger partial charge in [0.1, 0.15) is 25.1 Å². The molecule has 0 aromatic carbocycles. The largest absolute Gasteiger partial charge is 2.00 e. The van der Waals surface area contributed by atoms with E-state index in [4.69, 9.17) is 22.9 Å². The first kappa shape index (κ1) is 41.4. The van der Waals surface area contributed by atoms with Crippen molar-refractivity contribution in [3.63, 3.8) is 0 Å². The van der Waals surface area contributed by atoms with Gasteiger partial charge in [-0.05, 0) is 103 Å². The van der Waals surface area contributed by atoms with E-state index in [1.165, 1.54) is 0 Å². The molecule has 0 atom stereocenters. The molecular weight excluding hydrogens is 591 g/mol. The van der Waals surface area contributed by atoms with Crippen molar-refractivity contribution in [1.29, 1.82) is 0 Å². The molecule has 0 bridgehead atoms. The van der Waals surface area contributed by atoms with Crippen LogP contribution in [0.4, 0.5) is 0 Å². The maximum Gasteiger partial charge on any atom is 2.00 e. The minimum Gasteiger partial charge on any atom is -1.00 e. The number of carbonyl (C=O) groups is 4. The van der Waals surface area contributed by atoms with Crippen LogP contribution in [0.1, 0.15) is 103 Å². The van der Waals surface area contributed by atoms with Crippen LogP contribution in [0.25, 0.3) is 0 Å². The number of aldehydes is 4. The third kappa shape index (κ3) is 16.6. The van der Waals surface area contributed by atoms with Crippen LogP contribution in [0.3, 0.4) is 0 Å². The van der Waals surface area contributed by atoms with Gasteiger partial charge in [0, 0.05) is 45.1 Å². The van der Waals surface area contributed by atoms with E-state index in [1.807, 2.05) is 0 Å². The first-order chi connectivity index (χ1) is 17.4. The first-order valence-electron chi connectivity index (χ1n) is 13.1. The molecule has 0 aromatic rings. The van der Waals surface area contributed by atoms with Gasteiger partial charge in [-0.15, -0.1) is 0 Å². The predicted molar refractivity (Wildman–Crippen MR) is 143 cm³/mol. The second kappa shape index (κ2) is 24.9. The zero-order valence-corrected chi connectivity index (χ0v) is 25.1. The number of allylic oxidation sites excluding steroid dienone is 8. The summed E-state index contributed by atoms with van der Waals surface area (Å²) in [6.07, 6.45) is 19.8. The summed E-state index contributed by atoms with van der Waals surface area (Å²) in [5.74, 6) is 0. The van der Waals surface area contributed by atoms with Crippen LogP contribution in [0, 0.1) is 0 Å². The van der Waals surface area contributed by atoms with E-state index in [1.54, 1.807) is 0 Å². The van der Waals surface area contributed by atoms with Crippen molar-refractivity contribution in [1.82, 2.24) is 0 Å². The topological polar surface area (TPSA) is 172 Å². The summed E-state index contributed by atoms with van der Waals surface area (Å²) in [5.41, 5.74) is 28.6. The minimum absolute atomic E-state index is 0. The van der Waals surface area contributed by atoms with Crippen LogP contribution in [0.2, 0.25) is 0 Å². The smallest absolute Gasteiger partial charge is 1.00 e. The number of nitrogens with two attached hydrogens (primary N) is 4. The number of halogens is 2. The zero-order valence-electron chi connectivity index (χ0n) is 22.6. The van der Waals surface area contributed by atoms with Gasteiger partial charge in [-0.3, -0.25) is 19.2 Å². The number of hydrogen-bond donors (Lipinski definition) is 4. The second-order valence-corrected chi connectivity index (χ2v) is 9.50. The van der Waals surface area contributed by atoms with Crippen LogP contribution >= 0.6 is 0 Å². The van der Waals surface area contributed by atoms with Crippen LogP contribution in [0.15, 0.2) is 45.1 Å². The molecule has 8 nitrogen and oxygen atoms in total. The summed E-state index contributed by atoms with van der Waals surface area (Å²) in [6.45, 7) is 0. The van der Waals surface area contributed by atoms with Gasteiger partial charge >= 0.3 is 17.1 Å². The molecule has 0 aliphatic heterocycles. The molecule has 225 valence electrons. The molecule has 8 N–H and O–H groups in total. The standard InChI is InChI=1S/4C7H11NO.2ClH.Cu/c4*8-7-4-2-1-3-6(7)5-9;;;/h4*5H,1-4,8H2;2*1H;/q;;;;;;+2/p-2. The molecule has 0 aromatic heterocycles. The average Bonchev–Trinajstić information content (AvgIpc) is 2.91. The third-order valence-electron chi connectivity index (χ3n) is 6.79. The maximum absolute atomic E-state index is 10.2. The van der Waals surface area contributed by atoms with E-state index in [2.05, 4.69) is 0 Å². The summed E-state index contributed by atoms with van der Waals surface area (Å²) in [4.78, 5) is 40.9. The number of hydrogen-bond acceptors (Lipinski definition) is 8. The number of rotatable bonds is 4. The fourth-order valence-corrected chi connectivity index (χ4v) is 4.35. The van der Waals surface area contributed by atoms with E-state index in [9.17, 15) is 19.2 Å². The van der Waals surface area contributed by atoms with E-state index in [-0.39, 0.29) is 41.9 Å². The third-order valence-corrected chi connectivity index (χ3v) is 6.79. The molecule has 0 heterocycles. The summed E-state index contributed by atoms with van der Waals surface area (Å²) in [6, 6.07) is 0. The summed E-state index contributed by atoms with van der Waals surface area (Å²) < 4.78 is 0. The summed E-state index contributed by atoms with van der Waals surface area (Å²) in [5, 5.41) is 0. The summed E-state index contributed by atoms with van der Waals surface area (Å²) in [7, 11) is 0. The quantitative estimate of drug-likeness (QED) is 0.201. The molecule has 0 saturated carbocycles. The van der Waals surface area contributed by atoms with Gasteiger partial charge in [-0.2, -0.15) is 0 Å². The van der Waals surface area contributed by atoms with E-state index in [0.29, 0.717) is 0 Å². The van der Waals surface area contributed by atoms with Gasteiger partial charge in [0.05, 0.1) is 0 Å². The van der Waals surface area contributed by atoms with Crippen molar-refractivity contribution in [2.24, 2.45) is 22.9 Å². The molecule has 4 aliphatic rings. The van der Waals surface area contributed by atoms with E-state index in [0.717, 1.165) is 173 Å². The molecule has 0 saturated heterocycles. The Hall–Kier alpha value is -2.06. The molecule has 4 aliphatic carbocycles. The molecule has 0 fully saturated rings. The first-order valence-corrected chi connectivity index (χ1v) is 13.1. The van der Waals surface area contributed by atoms with Gasteiger partial charge in [0.15, 0.2) is 0 Å². The van der Waals surface area contributed by atoms with Gasteiger partial charge in [0.25, 0.3) is 0 Å². The monoisotopic (exact) mass is 633 g/mol. The van der Waals surface area contributed by atoms with Crippen molar-refractivity contribution < 1.29 is 61.1 Å². The Kier molecular flexibility index (Phi) is 26.5. The van der Waals surface area contributed by atoms with Gasteiger partial charge in [0.2, 0.25) is 0 Å². The van der Waals surface area contributed by atoms with Crippen LogP contribution in [0.5, 0.6) is 0 Å². The molecule has 39 heavy (non-hydrogen) atoms. The van der Waals surface area contributed by atoms with Crippen molar-refractivity contribution in [3.8, 4) is 0 Å². The van der Waals surface area contributed by atoms with E-state index >= 15 is 0 Å². The SMILES string of the molecule is NC1=C(C=O)CCCC1.NC1=C(C=O)CCCC1.NC1=C(C=O)CCCC1.NC1=C(C=O)CCCC1.[Cl-].[Cl-].[Cu+2]. The molecule has 0 unspecified atom stereocenters. The summed E-state index contributed by atoms with van der Waals surface area (Å²) >= 11 is 0. The fourth-order valence-electron chi connectivity index (χ4n) is 4.35. The van der Waals surface area contributed by atoms with Gasteiger partial charge < -0.3 is 47.7 Å². The molecule has 0 amide bonds. The Balaban J connectivity index is -0.000000432. The van der Waals surface area contributed by atoms with Crippen LogP contribution in [-0.2, 0) is 36.2 Å². The zero-order chi connectivity index (χ0) is 26.8. The molecule has 11 heteroatoms. The van der Waals surface area contributed by atoms with Crippen molar-refractivity contribution >= 4 is 25.1 Å². The molecule has 1 radical (unpaired) electrons. The van der Waals surface area contributed by atoms with Gasteiger partial charge in [-0.1, -0.05) is 0 Å². The second-order valence-electron chi connectivity index (χ2n) is 9.50. The Bertz CT molecular complexity index is 758. The Labute approximate surface area is 256 Å². The predicted octanol–water partition coefficient (Wildman–Crippen LogP) is -2.11. The molecule has 0 spiro atoms.